The topological polar surface area (TPSA) is 65.0 Å². The molecule has 0 aromatic heterocycles. The zero-order valence-corrected chi connectivity index (χ0v) is 18.5. The van der Waals surface area contributed by atoms with Gasteiger partial charge in [-0.15, -0.1) is 0 Å². The monoisotopic (exact) mass is 374 g/mol. The molecule has 1 heterocycles. The first-order valence-electron chi connectivity index (χ1n) is 9.40. The van der Waals surface area contributed by atoms with Gasteiger partial charge in [-0.3, -0.25) is 4.79 Å². The van der Waals surface area contributed by atoms with Crippen LogP contribution in [0.4, 0.5) is 0 Å². The number of carboxylic acids is 1. The quantitative estimate of drug-likeness (QED) is 0.518. The molecule has 1 aliphatic heterocycles. The fourth-order valence-corrected chi connectivity index (χ4v) is 4.08. The molecule has 0 bridgehead atoms. The average molecular weight is 375 g/mol. The Morgan fingerprint density at radius 3 is 2.32 bits per heavy atom. The van der Waals surface area contributed by atoms with E-state index in [-0.39, 0.29) is 23.2 Å². The van der Waals surface area contributed by atoms with Crippen molar-refractivity contribution in [1.82, 2.24) is 0 Å². The molecule has 148 valence electrons. The van der Waals surface area contributed by atoms with Gasteiger partial charge in [0.2, 0.25) is 0 Å². The molecule has 0 aromatic carbocycles. The maximum Gasteiger partial charge on any atom is 0.308 e. The van der Waals surface area contributed by atoms with Crippen molar-refractivity contribution in [2.75, 3.05) is 6.61 Å². The lowest BCUT2D eigenvalue weighted by atomic mass is 9.85. The third kappa shape index (κ3) is 6.05. The van der Waals surface area contributed by atoms with Gasteiger partial charge in [-0.25, -0.2) is 0 Å². The molecule has 0 amide bonds. The normalized spacial score (nSPS) is 28.6. The summed E-state index contributed by atoms with van der Waals surface area (Å²) >= 11 is 0. The number of carbonyl (C=O) groups is 1. The molecule has 0 saturated carbocycles. The van der Waals surface area contributed by atoms with Crippen LogP contribution in [0.15, 0.2) is 0 Å². The van der Waals surface area contributed by atoms with Crippen molar-refractivity contribution in [2.24, 2.45) is 11.8 Å². The molecular formula is C19H38O5Si. The van der Waals surface area contributed by atoms with Crippen LogP contribution in [-0.4, -0.2) is 44.0 Å². The van der Waals surface area contributed by atoms with Crippen molar-refractivity contribution >= 4 is 14.3 Å². The molecule has 0 unspecified atom stereocenters. The minimum atomic E-state index is -1.73. The van der Waals surface area contributed by atoms with E-state index in [1.165, 1.54) is 0 Å². The minimum Gasteiger partial charge on any atom is -0.481 e. The van der Waals surface area contributed by atoms with E-state index in [0.717, 1.165) is 19.4 Å². The summed E-state index contributed by atoms with van der Waals surface area (Å²) in [4.78, 5) is 11.4. The molecule has 1 N–H and O–H groups in total. The smallest absolute Gasteiger partial charge is 0.308 e. The standard InChI is InChI=1S/C19H38O5Si/c1-13-15(11-10-12-22-25(8,9)18(3,4)5)23-19(6,7)24-16(13)14(2)17(20)21/h13-16H,10-12H2,1-9H3,(H,20,21)/t13-,14-,15-,16-/m1/s1. The highest BCUT2D eigenvalue weighted by atomic mass is 28.4. The summed E-state index contributed by atoms with van der Waals surface area (Å²) in [7, 11) is -1.73. The molecule has 0 aliphatic carbocycles. The van der Waals surface area contributed by atoms with Gasteiger partial charge < -0.3 is 19.0 Å². The third-order valence-corrected chi connectivity index (χ3v) is 10.3. The number of carboxylic acid groups (broad SMARTS) is 1. The van der Waals surface area contributed by atoms with Crippen LogP contribution in [0.2, 0.25) is 18.1 Å². The Morgan fingerprint density at radius 2 is 1.84 bits per heavy atom. The van der Waals surface area contributed by atoms with Gasteiger partial charge in [0.25, 0.3) is 0 Å². The van der Waals surface area contributed by atoms with Crippen molar-refractivity contribution in [1.29, 1.82) is 0 Å². The average Bonchev–Trinajstić information content (AvgIpc) is 2.44. The summed E-state index contributed by atoms with van der Waals surface area (Å²) in [5, 5.41) is 9.56. The van der Waals surface area contributed by atoms with Gasteiger partial charge in [-0.05, 0) is 51.7 Å². The lowest BCUT2D eigenvalue weighted by Crippen LogP contribution is -2.53. The van der Waals surface area contributed by atoms with E-state index in [0.29, 0.717) is 0 Å². The summed E-state index contributed by atoms with van der Waals surface area (Å²) < 4.78 is 18.2. The lowest BCUT2D eigenvalue weighted by molar-refractivity contribution is -0.326. The van der Waals surface area contributed by atoms with Crippen LogP contribution in [-0.2, 0) is 18.7 Å². The van der Waals surface area contributed by atoms with E-state index in [1.807, 2.05) is 20.8 Å². The number of hydrogen-bond donors (Lipinski definition) is 1. The van der Waals surface area contributed by atoms with Gasteiger partial charge in [0, 0.05) is 12.5 Å². The molecule has 1 rings (SSSR count). The van der Waals surface area contributed by atoms with E-state index in [2.05, 4.69) is 33.9 Å². The summed E-state index contributed by atoms with van der Waals surface area (Å²) in [6.07, 6.45) is 1.41. The maximum absolute atomic E-state index is 11.4. The van der Waals surface area contributed by atoms with Crippen LogP contribution in [0, 0.1) is 11.8 Å². The summed E-state index contributed by atoms with van der Waals surface area (Å²) in [6.45, 7) is 19.4. The first-order valence-corrected chi connectivity index (χ1v) is 12.3. The Morgan fingerprint density at radius 1 is 1.28 bits per heavy atom. The Labute approximate surface area is 154 Å². The first kappa shape index (κ1) is 22.6. The van der Waals surface area contributed by atoms with Gasteiger partial charge in [-0.1, -0.05) is 27.7 Å². The van der Waals surface area contributed by atoms with Crippen LogP contribution >= 0.6 is 0 Å². The van der Waals surface area contributed by atoms with E-state index < -0.39 is 26.0 Å². The molecule has 0 spiro atoms. The third-order valence-electron chi connectivity index (χ3n) is 5.74. The van der Waals surface area contributed by atoms with Crippen molar-refractivity contribution in [3.05, 3.63) is 0 Å². The van der Waals surface area contributed by atoms with E-state index in [4.69, 9.17) is 13.9 Å². The van der Waals surface area contributed by atoms with Crippen LogP contribution < -0.4 is 0 Å². The Hall–Kier alpha value is -0.433. The van der Waals surface area contributed by atoms with Gasteiger partial charge in [-0.2, -0.15) is 0 Å². The van der Waals surface area contributed by atoms with E-state index in [1.54, 1.807) is 6.92 Å². The molecular weight excluding hydrogens is 336 g/mol. The maximum atomic E-state index is 11.4. The predicted molar refractivity (Wildman–Crippen MR) is 102 cm³/mol. The zero-order chi connectivity index (χ0) is 19.6. The molecule has 1 aliphatic rings. The van der Waals surface area contributed by atoms with Crippen molar-refractivity contribution in [2.45, 2.75) is 97.4 Å². The van der Waals surface area contributed by atoms with Crippen LogP contribution in [0.5, 0.6) is 0 Å². The number of rotatable bonds is 7. The van der Waals surface area contributed by atoms with Gasteiger partial charge in [0.05, 0.1) is 18.1 Å². The Bertz CT molecular complexity index is 455. The van der Waals surface area contributed by atoms with Gasteiger partial charge in [0.1, 0.15) is 0 Å². The second kappa shape index (κ2) is 8.07. The molecule has 1 fully saturated rings. The fraction of sp³-hybridized carbons (Fsp3) is 0.947. The van der Waals surface area contributed by atoms with Crippen molar-refractivity contribution in [3.63, 3.8) is 0 Å². The summed E-state index contributed by atoms with van der Waals surface area (Å²) in [5.41, 5.74) is 0. The highest BCUT2D eigenvalue weighted by Gasteiger charge is 2.44. The Balaban J connectivity index is 2.63. The Kier molecular flexibility index (Phi) is 7.30. The molecule has 0 aromatic rings. The van der Waals surface area contributed by atoms with Crippen molar-refractivity contribution in [3.8, 4) is 0 Å². The highest BCUT2D eigenvalue weighted by Crippen LogP contribution is 2.38. The van der Waals surface area contributed by atoms with Gasteiger partial charge >= 0.3 is 5.97 Å². The first-order chi connectivity index (χ1) is 11.2. The zero-order valence-electron chi connectivity index (χ0n) is 17.5. The summed E-state index contributed by atoms with van der Waals surface area (Å²) in [6, 6.07) is 0. The van der Waals surface area contributed by atoms with E-state index in [9.17, 15) is 9.90 Å². The van der Waals surface area contributed by atoms with Crippen molar-refractivity contribution < 1.29 is 23.8 Å². The molecule has 25 heavy (non-hydrogen) atoms. The number of ether oxygens (including phenoxy) is 2. The van der Waals surface area contributed by atoms with Gasteiger partial charge in [0.15, 0.2) is 14.1 Å². The fourth-order valence-electron chi connectivity index (χ4n) is 2.99. The molecule has 6 heteroatoms. The van der Waals surface area contributed by atoms with Crippen LogP contribution in [0.25, 0.3) is 0 Å². The highest BCUT2D eigenvalue weighted by molar-refractivity contribution is 6.74. The van der Waals surface area contributed by atoms with Crippen LogP contribution in [0.3, 0.4) is 0 Å². The molecule has 1 saturated heterocycles. The van der Waals surface area contributed by atoms with Crippen LogP contribution in [0.1, 0.15) is 61.3 Å². The predicted octanol–water partition coefficient (Wildman–Crippen LogP) is 4.67. The molecule has 0 radical (unpaired) electrons. The number of hydrogen-bond acceptors (Lipinski definition) is 4. The largest absolute Gasteiger partial charge is 0.481 e. The number of aliphatic carboxylic acids is 1. The summed E-state index contributed by atoms with van der Waals surface area (Å²) in [5.74, 6) is -2.10. The SMILES string of the molecule is C[C@H]1[C@H]([C@@H](C)C(=O)O)OC(C)(C)O[C@@H]1CCCO[Si](C)(C)C(C)(C)C. The second-order valence-electron chi connectivity index (χ2n) is 9.38. The lowest BCUT2D eigenvalue weighted by Gasteiger charge is -2.46. The second-order valence-corrected chi connectivity index (χ2v) is 14.2. The minimum absolute atomic E-state index is 0.0152. The molecule has 4 atom stereocenters. The molecule has 5 nitrogen and oxygen atoms in total. The van der Waals surface area contributed by atoms with E-state index >= 15 is 0 Å².